The van der Waals surface area contributed by atoms with E-state index in [-0.39, 0.29) is 11.8 Å². The zero-order valence-corrected chi connectivity index (χ0v) is 8.34. The molecule has 0 unspecified atom stereocenters. The minimum Gasteiger partial charge on any atom is -0.302 e. The zero-order chi connectivity index (χ0) is 10.4. The minimum atomic E-state index is -0.211. The topological polar surface area (TPSA) is 41.1 Å². The molecule has 0 atom stereocenters. The number of alkyl halides is 1. The Morgan fingerprint density at radius 3 is 2.50 bits per heavy atom. The van der Waals surface area contributed by atoms with Crippen LogP contribution in [0.25, 0.3) is 0 Å². The van der Waals surface area contributed by atoms with E-state index >= 15 is 0 Å². The van der Waals surface area contributed by atoms with Gasteiger partial charge in [-0.1, -0.05) is 24.8 Å². The zero-order valence-electron chi connectivity index (χ0n) is 7.59. The number of hydrazine groups is 1. The van der Waals surface area contributed by atoms with Crippen LogP contribution in [0.2, 0.25) is 0 Å². The van der Waals surface area contributed by atoms with E-state index in [1.54, 1.807) is 24.3 Å². The molecule has 0 spiro atoms. The Labute approximate surface area is 87.7 Å². The van der Waals surface area contributed by atoms with E-state index in [0.717, 1.165) is 0 Å². The lowest BCUT2D eigenvalue weighted by molar-refractivity contribution is 0.0939. The van der Waals surface area contributed by atoms with Crippen LogP contribution in [0, 0.1) is 0 Å². The number of amides is 1. The van der Waals surface area contributed by atoms with Crippen LogP contribution in [-0.4, -0.2) is 11.8 Å². The first-order valence-electron chi connectivity index (χ1n) is 4.09. The molecular formula is C10H11ClN2O. The van der Waals surface area contributed by atoms with E-state index in [1.807, 2.05) is 6.07 Å². The molecule has 0 bridgehead atoms. The summed E-state index contributed by atoms with van der Waals surface area (Å²) in [5, 5.41) is 0. The molecule has 0 saturated heterocycles. The molecule has 0 radical (unpaired) electrons. The Bertz CT molecular complexity index is 324. The van der Waals surface area contributed by atoms with Crippen LogP contribution in [0.5, 0.6) is 0 Å². The Morgan fingerprint density at radius 2 is 1.93 bits per heavy atom. The third kappa shape index (κ3) is 3.11. The minimum absolute atomic E-state index is 0.211. The Balaban J connectivity index is 2.48. The summed E-state index contributed by atoms with van der Waals surface area (Å²) in [6, 6.07) is 8.89. The van der Waals surface area contributed by atoms with Crippen molar-refractivity contribution in [3.8, 4) is 0 Å². The van der Waals surface area contributed by atoms with Crippen molar-refractivity contribution in [3.05, 3.63) is 48.2 Å². The lowest BCUT2D eigenvalue weighted by atomic mass is 10.2. The number of rotatable bonds is 4. The summed E-state index contributed by atoms with van der Waals surface area (Å²) in [6.45, 7) is 3.58. The van der Waals surface area contributed by atoms with Crippen molar-refractivity contribution in [2.24, 2.45) is 0 Å². The van der Waals surface area contributed by atoms with E-state index < -0.39 is 0 Å². The van der Waals surface area contributed by atoms with Gasteiger partial charge in [0.1, 0.15) is 0 Å². The van der Waals surface area contributed by atoms with Crippen molar-refractivity contribution in [1.29, 1.82) is 0 Å². The first kappa shape index (κ1) is 10.6. The molecule has 1 aromatic carbocycles. The fourth-order valence-electron chi connectivity index (χ4n) is 0.840. The number of benzene rings is 1. The van der Waals surface area contributed by atoms with Crippen LogP contribution in [0.1, 0.15) is 10.4 Å². The summed E-state index contributed by atoms with van der Waals surface area (Å²) in [4.78, 5) is 11.4. The number of hydrogen-bond acceptors (Lipinski definition) is 2. The molecule has 1 amide bonds. The second-order valence-corrected chi connectivity index (χ2v) is 2.95. The van der Waals surface area contributed by atoms with Crippen LogP contribution in [0.3, 0.4) is 0 Å². The molecular weight excluding hydrogens is 200 g/mol. The van der Waals surface area contributed by atoms with Gasteiger partial charge < -0.3 is 5.43 Å². The van der Waals surface area contributed by atoms with E-state index in [1.165, 1.54) is 0 Å². The number of hydrogen-bond donors (Lipinski definition) is 2. The highest BCUT2D eigenvalue weighted by molar-refractivity contribution is 6.19. The van der Waals surface area contributed by atoms with Crippen LogP contribution in [0.4, 0.5) is 0 Å². The molecule has 4 heteroatoms. The summed E-state index contributed by atoms with van der Waals surface area (Å²) in [5.74, 6) is 0.0478. The number of carbonyl (C=O) groups excluding carboxylic acids is 1. The van der Waals surface area contributed by atoms with E-state index in [4.69, 9.17) is 11.6 Å². The van der Waals surface area contributed by atoms with Gasteiger partial charge in [0.05, 0.1) is 5.88 Å². The van der Waals surface area contributed by atoms with Crippen LogP contribution < -0.4 is 10.9 Å². The summed E-state index contributed by atoms with van der Waals surface area (Å²) < 4.78 is 0. The number of allylic oxidation sites excluding steroid dienone is 1. The average molecular weight is 211 g/mol. The maximum atomic E-state index is 11.4. The molecule has 0 aliphatic carbocycles. The molecule has 0 fully saturated rings. The van der Waals surface area contributed by atoms with Gasteiger partial charge in [-0.2, -0.15) is 0 Å². The van der Waals surface area contributed by atoms with Crippen molar-refractivity contribution in [3.63, 3.8) is 0 Å². The van der Waals surface area contributed by atoms with Crippen molar-refractivity contribution < 1.29 is 4.79 Å². The van der Waals surface area contributed by atoms with Gasteiger partial charge in [0.2, 0.25) is 0 Å². The number of halogens is 1. The molecule has 0 aliphatic heterocycles. The van der Waals surface area contributed by atoms with Crippen molar-refractivity contribution >= 4 is 17.5 Å². The Morgan fingerprint density at radius 1 is 1.29 bits per heavy atom. The van der Waals surface area contributed by atoms with E-state index in [9.17, 15) is 4.79 Å². The monoisotopic (exact) mass is 210 g/mol. The third-order valence-electron chi connectivity index (χ3n) is 1.55. The molecule has 1 aromatic rings. The van der Waals surface area contributed by atoms with Gasteiger partial charge in [0.15, 0.2) is 0 Å². The summed E-state index contributed by atoms with van der Waals surface area (Å²) in [5.41, 5.74) is 6.22. The molecule has 0 heterocycles. The SMILES string of the molecule is C=C(CCl)NNC(=O)c1ccccc1. The predicted octanol–water partition coefficient (Wildman–Crippen LogP) is 1.67. The standard InChI is InChI=1S/C10H11ClN2O/c1-8(7-11)12-13-10(14)9-5-3-2-4-6-9/h2-6,12H,1,7H2,(H,13,14). The molecule has 0 saturated carbocycles. The maximum Gasteiger partial charge on any atom is 0.269 e. The average Bonchev–Trinajstić information content (AvgIpc) is 2.26. The number of nitrogens with one attached hydrogen (secondary N) is 2. The molecule has 0 aliphatic rings. The van der Waals surface area contributed by atoms with Crippen molar-refractivity contribution in [2.45, 2.75) is 0 Å². The first-order valence-corrected chi connectivity index (χ1v) is 4.62. The second-order valence-electron chi connectivity index (χ2n) is 2.68. The second kappa shape index (κ2) is 5.29. The van der Waals surface area contributed by atoms with Crippen molar-refractivity contribution in [2.75, 3.05) is 5.88 Å². The summed E-state index contributed by atoms with van der Waals surface area (Å²) in [6.07, 6.45) is 0. The van der Waals surface area contributed by atoms with Crippen LogP contribution >= 0.6 is 11.6 Å². The normalized spacial score (nSPS) is 9.21. The van der Waals surface area contributed by atoms with Gasteiger partial charge >= 0.3 is 0 Å². The largest absolute Gasteiger partial charge is 0.302 e. The Hall–Kier alpha value is -1.48. The van der Waals surface area contributed by atoms with Gasteiger partial charge in [-0.25, -0.2) is 0 Å². The van der Waals surface area contributed by atoms with Gasteiger partial charge in [-0.15, -0.1) is 11.6 Å². The third-order valence-corrected chi connectivity index (χ3v) is 1.87. The summed E-state index contributed by atoms with van der Waals surface area (Å²) >= 11 is 5.47. The number of carbonyl (C=O) groups is 1. The maximum absolute atomic E-state index is 11.4. The highest BCUT2D eigenvalue weighted by Crippen LogP contribution is 1.97. The van der Waals surface area contributed by atoms with E-state index in [0.29, 0.717) is 11.3 Å². The highest BCUT2D eigenvalue weighted by atomic mass is 35.5. The van der Waals surface area contributed by atoms with E-state index in [2.05, 4.69) is 17.4 Å². The lowest BCUT2D eigenvalue weighted by Gasteiger charge is -2.08. The molecule has 14 heavy (non-hydrogen) atoms. The van der Waals surface area contributed by atoms with Crippen molar-refractivity contribution in [1.82, 2.24) is 10.9 Å². The molecule has 2 N–H and O–H groups in total. The van der Waals surface area contributed by atoms with Gasteiger partial charge in [-0.3, -0.25) is 10.2 Å². The predicted molar refractivity (Wildman–Crippen MR) is 56.9 cm³/mol. The smallest absolute Gasteiger partial charge is 0.269 e. The highest BCUT2D eigenvalue weighted by Gasteiger charge is 2.02. The van der Waals surface area contributed by atoms with Gasteiger partial charge in [0.25, 0.3) is 5.91 Å². The fraction of sp³-hybridized carbons (Fsp3) is 0.100. The Kier molecular flexibility index (Phi) is 4.01. The van der Waals surface area contributed by atoms with Crippen LogP contribution in [-0.2, 0) is 0 Å². The molecule has 1 rings (SSSR count). The van der Waals surface area contributed by atoms with Crippen LogP contribution in [0.15, 0.2) is 42.6 Å². The van der Waals surface area contributed by atoms with Gasteiger partial charge in [-0.05, 0) is 12.1 Å². The first-order chi connectivity index (χ1) is 6.74. The fourth-order valence-corrected chi connectivity index (χ4v) is 0.907. The molecule has 74 valence electrons. The molecule has 0 aromatic heterocycles. The quantitative estimate of drug-likeness (QED) is 0.587. The van der Waals surface area contributed by atoms with Gasteiger partial charge in [0, 0.05) is 11.3 Å². The lowest BCUT2D eigenvalue weighted by Crippen LogP contribution is -2.36. The molecule has 3 nitrogen and oxygen atoms in total. The summed E-state index contributed by atoms with van der Waals surface area (Å²) in [7, 11) is 0.